The number of hydrogen-bond acceptors (Lipinski definition) is 6. The van der Waals surface area contributed by atoms with Crippen LogP contribution in [0.5, 0.6) is 0 Å². The molecule has 0 aliphatic carbocycles. The maximum absolute atomic E-state index is 11.4. The van der Waals surface area contributed by atoms with E-state index in [1.807, 2.05) is 13.8 Å². The third kappa shape index (κ3) is 5.10. The van der Waals surface area contributed by atoms with Crippen molar-refractivity contribution in [1.29, 1.82) is 0 Å². The number of aryl methyl sites for hydroxylation is 1. The Morgan fingerprint density at radius 2 is 2.06 bits per heavy atom. The monoisotopic (exact) mass is 238 g/mol. The van der Waals surface area contributed by atoms with Crippen molar-refractivity contribution in [2.45, 2.75) is 20.8 Å². The standard InChI is InChI=1S/C10H18N6O/c1-6(2)4-12-8(17)5-13-10-15-7(3)14-9(11)16-10/h6H,4-5H2,1-3H3,(H,12,17)(H3,11,13,14,15,16). The predicted octanol–water partition coefficient (Wildman–Crippen LogP) is -0.0537. The zero-order chi connectivity index (χ0) is 12.8. The molecular formula is C10H18N6O. The first kappa shape index (κ1) is 13.1. The van der Waals surface area contributed by atoms with E-state index >= 15 is 0 Å². The summed E-state index contributed by atoms with van der Waals surface area (Å²) in [6.07, 6.45) is 0. The smallest absolute Gasteiger partial charge is 0.239 e. The second-order valence-corrected chi connectivity index (χ2v) is 4.12. The molecule has 0 spiro atoms. The van der Waals surface area contributed by atoms with Crippen LogP contribution in [-0.4, -0.2) is 33.9 Å². The van der Waals surface area contributed by atoms with Gasteiger partial charge in [-0.05, 0) is 12.8 Å². The van der Waals surface area contributed by atoms with Gasteiger partial charge in [0.25, 0.3) is 0 Å². The molecule has 0 unspecified atom stereocenters. The molecule has 94 valence electrons. The molecule has 0 aliphatic heterocycles. The van der Waals surface area contributed by atoms with Gasteiger partial charge in [-0.25, -0.2) is 0 Å². The molecule has 0 aliphatic rings. The van der Waals surface area contributed by atoms with Gasteiger partial charge in [-0.15, -0.1) is 0 Å². The number of rotatable bonds is 5. The predicted molar refractivity (Wildman–Crippen MR) is 65.3 cm³/mol. The summed E-state index contributed by atoms with van der Waals surface area (Å²) >= 11 is 0. The molecule has 0 fully saturated rings. The first-order valence-corrected chi connectivity index (χ1v) is 5.46. The summed E-state index contributed by atoms with van der Waals surface area (Å²) in [5.41, 5.74) is 5.46. The number of nitrogens with zero attached hydrogens (tertiary/aromatic N) is 3. The second kappa shape index (κ2) is 5.97. The number of hydrogen-bond donors (Lipinski definition) is 3. The molecule has 1 rings (SSSR count). The average Bonchev–Trinajstić information content (AvgIpc) is 2.22. The Bertz CT molecular complexity index is 372. The maximum Gasteiger partial charge on any atom is 0.239 e. The van der Waals surface area contributed by atoms with Crippen LogP contribution in [0.2, 0.25) is 0 Å². The lowest BCUT2D eigenvalue weighted by atomic mass is 10.2. The van der Waals surface area contributed by atoms with Gasteiger partial charge in [0.05, 0.1) is 6.54 Å². The van der Waals surface area contributed by atoms with Gasteiger partial charge in [-0.2, -0.15) is 15.0 Å². The highest BCUT2D eigenvalue weighted by atomic mass is 16.1. The van der Waals surface area contributed by atoms with Gasteiger partial charge < -0.3 is 16.4 Å². The largest absolute Gasteiger partial charge is 0.368 e. The number of carbonyl (C=O) groups excluding carboxylic acids is 1. The zero-order valence-electron chi connectivity index (χ0n) is 10.3. The van der Waals surface area contributed by atoms with E-state index in [0.717, 1.165) is 0 Å². The van der Waals surface area contributed by atoms with E-state index in [-0.39, 0.29) is 18.4 Å². The van der Waals surface area contributed by atoms with E-state index in [9.17, 15) is 4.79 Å². The molecule has 1 amide bonds. The summed E-state index contributed by atoms with van der Waals surface area (Å²) in [6, 6.07) is 0. The van der Waals surface area contributed by atoms with Gasteiger partial charge >= 0.3 is 0 Å². The summed E-state index contributed by atoms with van der Waals surface area (Å²) in [5, 5.41) is 5.57. The quantitative estimate of drug-likeness (QED) is 0.664. The number of aromatic nitrogens is 3. The minimum absolute atomic E-state index is 0.102. The first-order valence-electron chi connectivity index (χ1n) is 5.46. The topological polar surface area (TPSA) is 106 Å². The lowest BCUT2D eigenvalue weighted by Gasteiger charge is -2.08. The summed E-state index contributed by atoms with van der Waals surface area (Å²) < 4.78 is 0. The van der Waals surface area contributed by atoms with Crippen LogP contribution in [0.3, 0.4) is 0 Å². The Hall–Kier alpha value is -1.92. The maximum atomic E-state index is 11.4. The van der Waals surface area contributed by atoms with Crippen molar-refractivity contribution in [2.24, 2.45) is 5.92 Å². The van der Waals surface area contributed by atoms with E-state index < -0.39 is 0 Å². The van der Waals surface area contributed by atoms with Crippen LogP contribution in [-0.2, 0) is 4.79 Å². The molecule has 1 aromatic heterocycles. The molecule has 7 nitrogen and oxygen atoms in total. The van der Waals surface area contributed by atoms with Gasteiger partial charge in [0, 0.05) is 6.54 Å². The minimum atomic E-state index is -0.102. The molecule has 0 radical (unpaired) electrons. The van der Waals surface area contributed by atoms with Crippen LogP contribution in [0.15, 0.2) is 0 Å². The van der Waals surface area contributed by atoms with Crippen molar-refractivity contribution in [2.75, 3.05) is 24.1 Å². The van der Waals surface area contributed by atoms with Crippen LogP contribution < -0.4 is 16.4 Å². The number of anilines is 2. The minimum Gasteiger partial charge on any atom is -0.368 e. The second-order valence-electron chi connectivity index (χ2n) is 4.12. The van der Waals surface area contributed by atoms with E-state index in [2.05, 4.69) is 25.6 Å². The summed E-state index contributed by atoms with van der Waals surface area (Å²) in [4.78, 5) is 23.1. The van der Waals surface area contributed by atoms with Gasteiger partial charge in [0.2, 0.25) is 17.8 Å². The molecule has 0 atom stereocenters. The Balaban J connectivity index is 2.42. The highest BCUT2D eigenvalue weighted by molar-refractivity contribution is 5.80. The van der Waals surface area contributed by atoms with Crippen LogP contribution >= 0.6 is 0 Å². The number of nitrogens with two attached hydrogens (primary N) is 1. The highest BCUT2D eigenvalue weighted by Gasteiger charge is 2.04. The zero-order valence-corrected chi connectivity index (χ0v) is 10.3. The molecule has 17 heavy (non-hydrogen) atoms. The number of nitrogens with one attached hydrogen (secondary N) is 2. The Labute approximate surface area is 100 Å². The third-order valence-corrected chi connectivity index (χ3v) is 1.88. The van der Waals surface area contributed by atoms with Crippen LogP contribution in [0.1, 0.15) is 19.7 Å². The van der Waals surface area contributed by atoms with Crippen molar-refractivity contribution < 1.29 is 4.79 Å². The molecule has 0 bridgehead atoms. The van der Waals surface area contributed by atoms with E-state index in [0.29, 0.717) is 24.2 Å². The molecule has 4 N–H and O–H groups in total. The molecule has 0 saturated heterocycles. The van der Waals surface area contributed by atoms with Gasteiger partial charge in [0.15, 0.2) is 0 Å². The molecule has 1 aromatic rings. The van der Waals surface area contributed by atoms with Crippen LogP contribution in [0.25, 0.3) is 0 Å². The normalized spacial score (nSPS) is 10.4. The lowest BCUT2D eigenvalue weighted by molar-refractivity contribution is -0.119. The Morgan fingerprint density at radius 3 is 2.65 bits per heavy atom. The van der Waals surface area contributed by atoms with Crippen molar-refractivity contribution in [3.8, 4) is 0 Å². The summed E-state index contributed by atoms with van der Waals surface area (Å²) in [5.74, 6) is 1.30. The Morgan fingerprint density at radius 1 is 1.35 bits per heavy atom. The van der Waals surface area contributed by atoms with E-state index in [1.165, 1.54) is 0 Å². The van der Waals surface area contributed by atoms with Gasteiger partial charge in [-0.3, -0.25) is 4.79 Å². The SMILES string of the molecule is Cc1nc(N)nc(NCC(=O)NCC(C)C)n1. The summed E-state index contributed by atoms with van der Waals surface area (Å²) in [7, 11) is 0. The fourth-order valence-corrected chi connectivity index (χ4v) is 1.12. The van der Waals surface area contributed by atoms with Crippen LogP contribution in [0.4, 0.5) is 11.9 Å². The van der Waals surface area contributed by atoms with E-state index in [4.69, 9.17) is 5.73 Å². The average molecular weight is 238 g/mol. The van der Waals surface area contributed by atoms with E-state index in [1.54, 1.807) is 6.92 Å². The fourth-order valence-electron chi connectivity index (χ4n) is 1.12. The first-order chi connectivity index (χ1) is 7.97. The highest BCUT2D eigenvalue weighted by Crippen LogP contribution is 2.00. The lowest BCUT2D eigenvalue weighted by Crippen LogP contribution is -2.32. The van der Waals surface area contributed by atoms with Crippen molar-refractivity contribution >= 4 is 17.8 Å². The third-order valence-electron chi connectivity index (χ3n) is 1.88. The molecule has 1 heterocycles. The number of nitrogen functional groups attached to an aromatic ring is 1. The van der Waals surface area contributed by atoms with Gasteiger partial charge in [-0.1, -0.05) is 13.8 Å². The number of amides is 1. The van der Waals surface area contributed by atoms with Gasteiger partial charge in [0.1, 0.15) is 5.82 Å². The van der Waals surface area contributed by atoms with Crippen LogP contribution in [0, 0.1) is 12.8 Å². The Kier molecular flexibility index (Phi) is 4.62. The fraction of sp³-hybridized carbons (Fsp3) is 0.600. The summed E-state index contributed by atoms with van der Waals surface area (Å²) in [6.45, 7) is 6.55. The molecule has 0 aromatic carbocycles. The molecular weight excluding hydrogens is 220 g/mol. The number of carbonyl (C=O) groups is 1. The van der Waals surface area contributed by atoms with Crippen molar-refractivity contribution in [1.82, 2.24) is 20.3 Å². The molecule has 0 saturated carbocycles. The van der Waals surface area contributed by atoms with Crippen molar-refractivity contribution in [3.63, 3.8) is 0 Å². The molecule has 7 heteroatoms. The van der Waals surface area contributed by atoms with Crippen molar-refractivity contribution in [3.05, 3.63) is 5.82 Å².